The highest BCUT2D eigenvalue weighted by atomic mass is 16.4. The van der Waals surface area contributed by atoms with E-state index in [-0.39, 0.29) is 0 Å². The van der Waals surface area contributed by atoms with Crippen molar-refractivity contribution >= 4 is 5.84 Å². The third kappa shape index (κ3) is 3.16. The summed E-state index contributed by atoms with van der Waals surface area (Å²) in [6, 6.07) is 0.725. The minimum absolute atomic E-state index is 0.294. The quantitative estimate of drug-likeness (QED) is 0.342. The Morgan fingerprint density at radius 1 is 1.39 bits per heavy atom. The number of rotatable bonds is 5. The first-order valence-electron chi connectivity index (χ1n) is 7.23. The zero-order valence-corrected chi connectivity index (χ0v) is 11.7. The van der Waals surface area contributed by atoms with Crippen LogP contribution in [0.1, 0.15) is 51.9 Å². The average Bonchev–Trinajstić information content (AvgIpc) is 3.08. The van der Waals surface area contributed by atoms with Crippen LogP contribution in [0.3, 0.4) is 0 Å². The lowest BCUT2D eigenvalue weighted by atomic mass is 9.84. The Balaban J connectivity index is 1.88. The summed E-state index contributed by atoms with van der Waals surface area (Å²) in [4.78, 5) is 2.53. The van der Waals surface area contributed by atoms with Gasteiger partial charge in [0.25, 0.3) is 0 Å². The smallest absolute Gasteiger partial charge is 0.139 e. The van der Waals surface area contributed by atoms with Crippen LogP contribution in [0.2, 0.25) is 0 Å². The van der Waals surface area contributed by atoms with Crippen LogP contribution in [0.25, 0.3) is 0 Å². The molecule has 0 bridgehead atoms. The Kier molecular flexibility index (Phi) is 4.15. The summed E-state index contributed by atoms with van der Waals surface area (Å²) < 4.78 is 0. The van der Waals surface area contributed by atoms with Crippen molar-refractivity contribution in [3.05, 3.63) is 0 Å². The van der Waals surface area contributed by atoms with Crippen molar-refractivity contribution in [2.24, 2.45) is 22.2 Å². The Bertz CT molecular complexity index is 312. The lowest BCUT2D eigenvalue weighted by molar-refractivity contribution is 0.117. The molecule has 18 heavy (non-hydrogen) atoms. The molecule has 4 nitrogen and oxygen atoms in total. The molecule has 2 fully saturated rings. The van der Waals surface area contributed by atoms with Crippen molar-refractivity contribution in [3.63, 3.8) is 0 Å². The molecule has 0 amide bonds. The fourth-order valence-corrected chi connectivity index (χ4v) is 3.58. The summed E-state index contributed by atoms with van der Waals surface area (Å²) in [5.41, 5.74) is 5.96. The number of nitrogens with two attached hydrogens (primary N) is 1. The van der Waals surface area contributed by atoms with Crippen LogP contribution < -0.4 is 5.73 Å². The molecule has 0 aromatic heterocycles. The minimum Gasteiger partial charge on any atom is -0.409 e. The van der Waals surface area contributed by atoms with E-state index in [1.54, 1.807) is 0 Å². The Hall–Kier alpha value is -0.770. The van der Waals surface area contributed by atoms with Gasteiger partial charge >= 0.3 is 0 Å². The molecule has 0 radical (unpaired) electrons. The van der Waals surface area contributed by atoms with Gasteiger partial charge in [0.1, 0.15) is 5.84 Å². The molecular formula is C14H27N3O. The summed E-state index contributed by atoms with van der Waals surface area (Å²) in [7, 11) is 2.25. The second-order valence-electron chi connectivity index (χ2n) is 6.51. The molecule has 0 aromatic rings. The maximum atomic E-state index is 8.70. The molecule has 2 aliphatic carbocycles. The lowest BCUT2D eigenvalue weighted by Crippen LogP contribution is -2.42. The highest BCUT2D eigenvalue weighted by Gasteiger charge is 2.45. The van der Waals surface area contributed by atoms with Crippen molar-refractivity contribution in [1.29, 1.82) is 0 Å². The van der Waals surface area contributed by atoms with Crippen molar-refractivity contribution in [2.75, 3.05) is 13.6 Å². The van der Waals surface area contributed by atoms with Crippen molar-refractivity contribution < 1.29 is 5.21 Å². The third-order valence-electron chi connectivity index (χ3n) is 4.86. The summed E-state index contributed by atoms with van der Waals surface area (Å²) in [6.45, 7) is 3.47. The van der Waals surface area contributed by atoms with Crippen LogP contribution in [-0.2, 0) is 0 Å². The Morgan fingerprint density at radius 3 is 2.61 bits per heavy atom. The first-order valence-corrected chi connectivity index (χ1v) is 7.23. The summed E-state index contributed by atoms with van der Waals surface area (Å²) in [5, 5.41) is 11.8. The van der Waals surface area contributed by atoms with Crippen LogP contribution in [0, 0.1) is 11.3 Å². The van der Waals surface area contributed by atoms with Gasteiger partial charge in [0.15, 0.2) is 0 Å². The second-order valence-corrected chi connectivity index (χ2v) is 6.51. The summed E-state index contributed by atoms with van der Waals surface area (Å²) >= 11 is 0. The molecule has 0 heterocycles. The van der Waals surface area contributed by atoms with Crippen LogP contribution in [0.15, 0.2) is 5.16 Å². The lowest BCUT2D eigenvalue weighted by Gasteiger charge is -2.38. The highest BCUT2D eigenvalue weighted by Crippen LogP contribution is 2.49. The molecule has 2 unspecified atom stereocenters. The van der Waals surface area contributed by atoms with Crippen LogP contribution in [0.5, 0.6) is 0 Å². The highest BCUT2D eigenvalue weighted by molar-refractivity contribution is 5.80. The predicted octanol–water partition coefficient (Wildman–Crippen LogP) is 2.41. The fourth-order valence-electron chi connectivity index (χ4n) is 3.58. The first-order chi connectivity index (χ1) is 8.56. The Labute approximate surface area is 110 Å². The molecule has 104 valence electrons. The predicted molar refractivity (Wildman–Crippen MR) is 73.7 cm³/mol. The fraction of sp³-hybridized carbons (Fsp3) is 0.929. The zero-order valence-electron chi connectivity index (χ0n) is 11.7. The number of oxime groups is 1. The van der Waals surface area contributed by atoms with Gasteiger partial charge in [0.05, 0.1) is 0 Å². The third-order valence-corrected chi connectivity index (χ3v) is 4.86. The molecule has 0 spiro atoms. The van der Waals surface area contributed by atoms with E-state index >= 15 is 0 Å². The average molecular weight is 253 g/mol. The van der Waals surface area contributed by atoms with Gasteiger partial charge in [-0.3, -0.25) is 0 Å². The molecule has 3 N–H and O–H groups in total. The van der Waals surface area contributed by atoms with Gasteiger partial charge in [-0.1, -0.05) is 24.9 Å². The van der Waals surface area contributed by atoms with Gasteiger partial charge in [-0.15, -0.1) is 0 Å². The van der Waals surface area contributed by atoms with Gasteiger partial charge < -0.3 is 15.8 Å². The van der Waals surface area contributed by atoms with E-state index in [1.165, 1.54) is 38.5 Å². The van der Waals surface area contributed by atoms with E-state index in [0.717, 1.165) is 24.9 Å². The van der Waals surface area contributed by atoms with Gasteiger partial charge in [0.2, 0.25) is 0 Å². The maximum absolute atomic E-state index is 8.70. The van der Waals surface area contributed by atoms with Crippen LogP contribution in [0.4, 0.5) is 0 Å². The van der Waals surface area contributed by atoms with Gasteiger partial charge in [-0.2, -0.15) is 0 Å². The van der Waals surface area contributed by atoms with E-state index in [1.807, 2.05) is 0 Å². The van der Waals surface area contributed by atoms with E-state index in [0.29, 0.717) is 11.3 Å². The molecule has 4 heteroatoms. The molecule has 2 aliphatic rings. The van der Waals surface area contributed by atoms with Crippen molar-refractivity contribution in [1.82, 2.24) is 4.90 Å². The Morgan fingerprint density at radius 2 is 2.06 bits per heavy atom. The molecule has 0 aromatic carbocycles. The van der Waals surface area contributed by atoms with E-state index < -0.39 is 0 Å². The summed E-state index contributed by atoms with van der Waals surface area (Å²) in [6.07, 6.45) is 8.63. The van der Waals surface area contributed by atoms with E-state index in [4.69, 9.17) is 10.9 Å². The van der Waals surface area contributed by atoms with Gasteiger partial charge in [-0.25, -0.2) is 0 Å². The molecule has 2 atom stereocenters. The van der Waals surface area contributed by atoms with Crippen molar-refractivity contribution in [3.8, 4) is 0 Å². The number of nitrogens with zero attached hydrogens (tertiary/aromatic N) is 2. The standard InChI is InChI=1S/C14H27N3O/c1-11-5-3-4-6-12(11)17(2)10-14(7-8-14)9-13(15)16-18/h11-12,18H,3-10H2,1-2H3,(H2,15,16). The second kappa shape index (κ2) is 5.47. The van der Waals surface area contributed by atoms with E-state index in [9.17, 15) is 0 Å². The SMILES string of the molecule is CC1CCCCC1N(C)CC1(CC(N)=NO)CC1. The normalized spacial score (nSPS) is 31.6. The molecule has 2 saturated carbocycles. The molecule has 2 rings (SSSR count). The molecule has 0 saturated heterocycles. The number of hydrogen-bond acceptors (Lipinski definition) is 3. The van der Waals surface area contributed by atoms with Crippen molar-refractivity contribution in [2.45, 2.75) is 57.9 Å². The molecule has 0 aliphatic heterocycles. The number of amidine groups is 1. The number of hydrogen-bond donors (Lipinski definition) is 2. The van der Waals surface area contributed by atoms with Crippen LogP contribution in [-0.4, -0.2) is 35.6 Å². The van der Waals surface area contributed by atoms with Gasteiger partial charge in [0, 0.05) is 19.0 Å². The zero-order chi connectivity index (χ0) is 13.2. The maximum Gasteiger partial charge on any atom is 0.139 e. The summed E-state index contributed by atoms with van der Waals surface area (Å²) in [5.74, 6) is 1.20. The molecular weight excluding hydrogens is 226 g/mol. The monoisotopic (exact) mass is 253 g/mol. The minimum atomic E-state index is 0.294. The largest absolute Gasteiger partial charge is 0.409 e. The first kappa shape index (κ1) is 13.7. The van der Waals surface area contributed by atoms with Crippen LogP contribution >= 0.6 is 0 Å². The van der Waals surface area contributed by atoms with E-state index in [2.05, 4.69) is 24.0 Å². The van der Waals surface area contributed by atoms with Gasteiger partial charge in [-0.05, 0) is 44.1 Å². The topological polar surface area (TPSA) is 61.8 Å².